The first kappa shape index (κ1) is 23.5. The van der Waals surface area contributed by atoms with Crippen LogP contribution >= 0.6 is 0 Å². The normalized spacial score (nSPS) is 14.5. The molecule has 1 aliphatic heterocycles. The highest BCUT2D eigenvalue weighted by Crippen LogP contribution is 2.24. The molecule has 2 aromatic rings. The van der Waals surface area contributed by atoms with E-state index in [1.54, 1.807) is 19.1 Å². The molecule has 0 radical (unpaired) electrons. The maximum atomic E-state index is 13.0. The second-order valence-electron chi connectivity index (χ2n) is 7.33. The standard InChI is InChI=1S/C21H25N3O7S/c1-15-7-8-16(12-18(15)32(28,29)24-9-3-2-4-10-24)20(26)31-14-19(25)23-21(27)22-13-17-6-5-11-30-17/h5-8,11-12H,2-4,9-10,13-14H2,1H3,(H2,22,23,25,27). The van der Waals surface area contributed by atoms with Gasteiger partial charge in [-0.3, -0.25) is 10.1 Å². The van der Waals surface area contributed by atoms with Gasteiger partial charge in [-0.25, -0.2) is 18.0 Å². The van der Waals surface area contributed by atoms with Crippen molar-refractivity contribution >= 4 is 27.9 Å². The second kappa shape index (κ2) is 10.4. The van der Waals surface area contributed by atoms with Crippen molar-refractivity contribution in [3.8, 4) is 0 Å². The van der Waals surface area contributed by atoms with Gasteiger partial charge in [-0.05, 0) is 49.6 Å². The number of furan rings is 1. The molecule has 0 unspecified atom stereocenters. The molecule has 1 aliphatic rings. The van der Waals surface area contributed by atoms with Crippen LogP contribution in [0.3, 0.4) is 0 Å². The molecular formula is C21H25N3O7S. The van der Waals surface area contributed by atoms with Gasteiger partial charge >= 0.3 is 12.0 Å². The monoisotopic (exact) mass is 463 g/mol. The van der Waals surface area contributed by atoms with E-state index in [1.807, 2.05) is 5.32 Å². The minimum Gasteiger partial charge on any atom is -0.467 e. The van der Waals surface area contributed by atoms with Crippen molar-refractivity contribution < 1.29 is 32.0 Å². The van der Waals surface area contributed by atoms with Crippen LogP contribution in [0.4, 0.5) is 4.79 Å². The molecule has 0 aliphatic carbocycles. The third kappa shape index (κ3) is 5.95. The summed E-state index contributed by atoms with van der Waals surface area (Å²) in [6.07, 6.45) is 4.03. The number of hydrogen-bond acceptors (Lipinski definition) is 7. The Hall–Kier alpha value is -3.18. The number of imide groups is 1. The van der Waals surface area contributed by atoms with Crippen LogP contribution in [0.5, 0.6) is 0 Å². The Morgan fingerprint density at radius 2 is 1.88 bits per heavy atom. The summed E-state index contributed by atoms with van der Waals surface area (Å²) >= 11 is 0. The molecule has 1 aromatic carbocycles. The number of nitrogens with one attached hydrogen (secondary N) is 2. The minimum absolute atomic E-state index is 0.00116. The van der Waals surface area contributed by atoms with Crippen molar-refractivity contribution in [2.45, 2.75) is 37.6 Å². The topological polar surface area (TPSA) is 135 Å². The molecule has 2 N–H and O–H groups in total. The number of carbonyl (C=O) groups excluding carboxylic acids is 3. The van der Waals surface area contributed by atoms with Gasteiger partial charge in [0.05, 0.1) is 23.3 Å². The van der Waals surface area contributed by atoms with E-state index in [-0.39, 0.29) is 17.0 Å². The molecule has 0 spiro atoms. The van der Waals surface area contributed by atoms with Gasteiger partial charge in [0.2, 0.25) is 10.0 Å². The molecule has 10 nitrogen and oxygen atoms in total. The maximum absolute atomic E-state index is 13.0. The predicted molar refractivity (Wildman–Crippen MR) is 113 cm³/mol. The number of urea groups is 1. The van der Waals surface area contributed by atoms with Crippen LogP contribution in [0.25, 0.3) is 0 Å². The first-order valence-electron chi connectivity index (χ1n) is 10.2. The lowest BCUT2D eigenvalue weighted by Gasteiger charge is -2.26. The van der Waals surface area contributed by atoms with Gasteiger partial charge in [0.1, 0.15) is 5.76 Å². The Morgan fingerprint density at radius 3 is 2.56 bits per heavy atom. The third-order valence-corrected chi connectivity index (χ3v) is 6.99. The highest BCUT2D eigenvalue weighted by Gasteiger charge is 2.28. The molecule has 32 heavy (non-hydrogen) atoms. The molecular weight excluding hydrogens is 438 g/mol. The predicted octanol–water partition coefficient (Wildman–Crippen LogP) is 1.95. The molecule has 11 heteroatoms. The molecule has 3 amide bonds. The van der Waals surface area contributed by atoms with E-state index in [2.05, 4.69) is 5.32 Å². The van der Waals surface area contributed by atoms with Crippen LogP contribution in [0, 0.1) is 6.92 Å². The number of hydrogen-bond donors (Lipinski definition) is 2. The van der Waals surface area contributed by atoms with Crippen molar-refractivity contribution in [1.29, 1.82) is 0 Å². The smallest absolute Gasteiger partial charge is 0.338 e. The summed E-state index contributed by atoms with van der Waals surface area (Å²) in [5.41, 5.74) is 0.513. The Balaban J connectivity index is 1.56. The Bertz CT molecular complexity index is 1070. The van der Waals surface area contributed by atoms with E-state index >= 15 is 0 Å². The third-order valence-electron chi connectivity index (χ3n) is 4.95. The van der Waals surface area contributed by atoms with Crippen LogP contribution < -0.4 is 10.6 Å². The number of ether oxygens (including phenoxy) is 1. The summed E-state index contributed by atoms with van der Waals surface area (Å²) in [5, 5.41) is 4.45. The van der Waals surface area contributed by atoms with Crippen molar-refractivity contribution in [2.24, 2.45) is 0 Å². The number of rotatable bonds is 7. The summed E-state index contributed by atoms with van der Waals surface area (Å²) in [5.74, 6) is -1.19. The summed E-state index contributed by atoms with van der Waals surface area (Å²) in [6.45, 7) is 1.93. The first-order chi connectivity index (χ1) is 15.3. The number of amides is 3. The molecule has 2 heterocycles. The summed E-state index contributed by atoms with van der Waals surface area (Å²) in [7, 11) is -3.74. The Kier molecular flexibility index (Phi) is 7.65. The fourth-order valence-electron chi connectivity index (χ4n) is 3.25. The number of esters is 1. The van der Waals surface area contributed by atoms with Crippen molar-refractivity contribution in [1.82, 2.24) is 14.9 Å². The first-order valence-corrected chi connectivity index (χ1v) is 11.6. The van der Waals surface area contributed by atoms with E-state index < -0.39 is 34.5 Å². The number of carbonyl (C=O) groups is 3. The van der Waals surface area contributed by atoms with Gasteiger partial charge in [-0.1, -0.05) is 12.5 Å². The fraction of sp³-hybridized carbons (Fsp3) is 0.381. The zero-order valence-electron chi connectivity index (χ0n) is 17.6. The lowest BCUT2D eigenvalue weighted by Crippen LogP contribution is -2.41. The van der Waals surface area contributed by atoms with Gasteiger partial charge in [0, 0.05) is 13.1 Å². The highest BCUT2D eigenvalue weighted by molar-refractivity contribution is 7.89. The van der Waals surface area contributed by atoms with E-state index in [9.17, 15) is 22.8 Å². The van der Waals surface area contributed by atoms with Gasteiger partial charge in [0.15, 0.2) is 6.61 Å². The average Bonchev–Trinajstić information content (AvgIpc) is 3.30. The van der Waals surface area contributed by atoms with Crippen molar-refractivity contribution in [3.63, 3.8) is 0 Å². The Morgan fingerprint density at radius 1 is 1.12 bits per heavy atom. The van der Waals surface area contributed by atoms with E-state index in [1.165, 1.54) is 28.8 Å². The van der Waals surface area contributed by atoms with E-state index in [0.29, 0.717) is 24.4 Å². The SMILES string of the molecule is Cc1ccc(C(=O)OCC(=O)NC(=O)NCc2ccco2)cc1S(=O)(=O)N1CCCCC1. The van der Waals surface area contributed by atoms with Gasteiger partial charge in [-0.2, -0.15) is 4.31 Å². The fourth-order valence-corrected chi connectivity index (χ4v) is 5.02. The average molecular weight is 464 g/mol. The second-order valence-corrected chi connectivity index (χ2v) is 9.24. The van der Waals surface area contributed by atoms with Crippen LogP contribution in [0.15, 0.2) is 45.9 Å². The molecule has 1 fully saturated rings. The molecule has 3 rings (SSSR count). The summed E-state index contributed by atoms with van der Waals surface area (Å²) in [4.78, 5) is 36.0. The number of benzene rings is 1. The number of sulfonamides is 1. The zero-order chi connectivity index (χ0) is 23.1. The molecule has 1 aromatic heterocycles. The van der Waals surface area contributed by atoms with Crippen LogP contribution in [0.1, 0.15) is 40.9 Å². The van der Waals surface area contributed by atoms with Crippen LogP contribution in [-0.4, -0.2) is 50.3 Å². The largest absolute Gasteiger partial charge is 0.467 e. The highest BCUT2D eigenvalue weighted by atomic mass is 32.2. The summed E-state index contributed by atoms with van der Waals surface area (Å²) < 4.78 is 37.4. The molecule has 0 saturated carbocycles. The lowest BCUT2D eigenvalue weighted by molar-refractivity contribution is -0.123. The van der Waals surface area contributed by atoms with Crippen molar-refractivity contribution in [3.05, 3.63) is 53.5 Å². The van der Waals surface area contributed by atoms with E-state index in [0.717, 1.165) is 19.3 Å². The molecule has 0 atom stereocenters. The number of aryl methyl sites for hydroxylation is 1. The van der Waals surface area contributed by atoms with Crippen molar-refractivity contribution in [2.75, 3.05) is 19.7 Å². The molecule has 1 saturated heterocycles. The van der Waals surface area contributed by atoms with Gasteiger partial charge < -0.3 is 14.5 Å². The number of nitrogens with zero attached hydrogens (tertiary/aromatic N) is 1. The van der Waals surface area contributed by atoms with Gasteiger partial charge in [0.25, 0.3) is 5.91 Å². The molecule has 0 bridgehead atoms. The van der Waals surface area contributed by atoms with Crippen LogP contribution in [0.2, 0.25) is 0 Å². The Labute approximate surface area is 186 Å². The minimum atomic E-state index is -3.74. The van der Waals surface area contributed by atoms with Gasteiger partial charge in [-0.15, -0.1) is 0 Å². The number of piperidine rings is 1. The lowest BCUT2D eigenvalue weighted by atomic mass is 10.1. The molecule has 172 valence electrons. The van der Waals surface area contributed by atoms with Crippen LogP contribution in [-0.2, 0) is 26.1 Å². The zero-order valence-corrected chi connectivity index (χ0v) is 18.4. The summed E-state index contributed by atoms with van der Waals surface area (Å²) in [6, 6.07) is 6.76. The maximum Gasteiger partial charge on any atom is 0.338 e. The quantitative estimate of drug-likeness (QED) is 0.599. The van der Waals surface area contributed by atoms with E-state index in [4.69, 9.17) is 9.15 Å².